The number of carbonyl (C=O) groups is 1. The van der Waals surface area contributed by atoms with Crippen molar-refractivity contribution in [2.45, 2.75) is 17.9 Å². The molecular weight excluding hydrogens is 246 g/mol. The van der Waals surface area contributed by atoms with E-state index >= 15 is 0 Å². The smallest absolute Gasteiger partial charge is 0.294 e. The van der Waals surface area contributed by atoms with Gasteiger partial charge in [-0.3, -0.25) is 9.35 Å². The van der Waals surface area contributed by atoms with Gasteiger partial charge in [0.1, 0.15) is 5.75 Å². The normalized spacial score (nSPS) is 19.8. The summed E-state index contributed by atoms with van der Waals surface area (Å²) in [4.78, 5) is 12.7. The van der Waals surface area contributed by atoms with Gasteiger partial charge in [0.2, 0.25) is 0 Å². The molecule has 2 rings (SSSR count). The predicted octanol–water partition coefficient (Wildman–Crippen LogP) is 0.677. The number of fused-ring (bicyclic) bond motifs is 1. The highest BCUT2D eigenvalue weighted by molar-refractivity contribution is 7.85. The molecule has 1 heterocycles. The van der Waals surface area contributed by atoms with Crippen LogP contribution in [0.15, 0.2) is 23.1 Å². The number of carbonyl (C=O) groups excluding carboxylic acids is 1. The lowest BCUT2D eigenvalue weighted by Crippen LogP contribution is -2.42. The van der Waals surface area contributed by atoms with Crippen LogP contribution in [-0.2, 0) is 14.9 Å². The zero-order valence-corrected chi connectivity index (χ0v) is 10.1. The molecule has 1 aliphatic heterocycles. The SMILES string of the molecule is CC1Oc2ccc(S(=O)(=O)O)cc2N(C)C1=O. The fraction of sp³-hybridized carbons (Fsp3) is 0.300. The van der Waals surface area contributed by atoms with Crippen LogP contribution in [-0.4, -0.2) is 32.0 Å². The lowest BCUT2D eigenvalue weighted by atomic mass is 10.2. The van der Waals surface area contributed by atoms with E-state index in [2.05, 4.69) is 0 Å². The molecule has 0 radical (unpaired) electrons. The summed E-state index contributed by atoms with van der Waals surface area (Å²) < 4.78 is 36.2. The summed E-state index contributed by atoms with van der Waals surface area (Å²) in [6.45, 7) is 1.61. The van der Waals surface area contributed by atoms with E-state index in [-0.39, 0.29) is 10.8 Å². The minimum atomic E-state index is -4.28. The number of ether oxygens (including phenoxy) is 1. The maximum Gasteiger partial charge on any atom is 0.294 e. The zero-order valence-electron chi connectivity index (χ0n) is 9.25. The number of hydrogen-bond donors (Lipinski definition) is 1. The molecule has 1 amide bonds. The van der Waals surface area contributed by atoms with Crippen molar-refractivity contribution in [1.82, 2.24) is 0 Å². The molecule has 17 heavy (non-hydrogen) atoms. The molecule has 7 heteroatoms. The third-order valence-corrected chi connectivity index (χ3v) is 3.42. The number of nitrogens with zero attached hydrogens (tertiary/aromatic N) is 1. The molecule has 1 N–H and O–H groups in total. The summed E-state index contributed by atoms with van der Waals surface area (Å²) in [5.74, 6) is 0.136. The summed E-state index contributed by atoms with van der Waals surface area (Å²) in [5.41, 5.74) is 0.322. The summed E-state index contributed by atoms with van der Waals surface area (Å²) in [6.07, 6.45) is -0.607. The molecule has 0 bridgehead atoms. The number of benzene rings is 1. The molecule has 0 saturated heterocycles. The van der Waals surface area contributed by atoms with Gasteiger partial charge in [-0.2, -0.15) is 8.42 Å². The molecule has 0 aliphatic carbocycles. The highest BCUT2D eigenvalue weighted by atomic mass is 32.2. The topological polar surface area (TPSA) is 83.9 Å². The second-order valence-electron chi connectivity index (χ2n) is 3.76. The van der Waals surface area contributed by atoms with E-state index < -0.39 is 16.2 Å². The van der Waals surface area contributed by atoms with Crippen LogP contribution in [0, 0.1) is 0 Å². The second-order valence-corrected chi connectivity index (χ2v) is 5.18. The van der Waals surface area contributed by atoms with Gasteiger partial charge in [0, 0.05) is 7.05 Å². The Balaban J connectivity index is 2.57. The third-order valence-electron chi connectivity index (χ3n) is 2.57. The van der Waals surface area contributed by atoms with E-state index in [4.69, 9.17) is 9.29 Å². The molecule has 0 spiro atoms. The molecule has 0 saturated carbocycles. The Morgan fingerprint density at radius 2 is 2.06 bits per heavy atom. The lowest BCUT2D eigenvalue weighted by Gasteiger charge is -2.30. The summed E-state index contributed by atoms with van der Waals surface area (Å²) in [6, 6.07) is 3.84. The van der Waals surface area contributed by atoms with E-state index in [0.29, 0.717) is 11.4 Å². The van der Waals surface area contributed by atoms with Crippen LogP contribution in [0.1, 0.15) is 6.92 Å². The van der Waals surface area contributed by atoms with Crippen molar-refractivity contribution in [3.8, 4) is 5.75 Å². The average molecular weight is 257 g/mol. The minimum absolute atomic E-state index is 0.269. The van der Waals surface area contributed by atoms with Gasteiger partial charge in [-0.1, -0.05) is 0 Å². The Morgan fingerprint density at radius 3 is 2.65 bits per heavy atom. The predicted molar refractivity (Wildman–Crippen MR) is 59.8 cm³/mol. The minimum Gasteiger partial charge on any atom is -0.479 e. The number of likely N-dealkylation sites (N-methyl/N-ethyl adjacent to an activating group) is 1. The van der Waals surface area contributed by atoms with Crippen molar-refractivity contribution in [2.24, 2.45) is 0 Å². The number of anilines is 1. The maximum absolute atomic E-state index is 11.6. The Bertz CT molecular complexity index is 580. The van der Waals surface area contributed by atoms with Crippen LogP contribution in [0.2, 0.25) is 0 Å². The van der Waals surface area contributed by atoms with Crippen molar-refractivity contribution in [3.63, 3.8) is 0 Å². The summed E-state index contributed by atoms with van der Waals surface area (Å²) in [7, 11) is -2.76. The van der Waals surface area contributed by atoms with Crippen LogP contribution in [0.5, 0.6) is 5.75 Å². The highest BCUT2D eigenvalue weighted by Gasteiger charge is 2.29. The van der Waals surface area contributed by atoms with Crippen molar-refractivity contribution < 1.29 is 22.5 Å². The van der Waals surface area contributed by atoms with Crippen molar-refractivity contribution in [1.29, 1.82) is 0 Å². The van der Waals surface area contributed by atoms with E-state index in [1.165, 1.54) is 30.1 Å². The fourth-order valence-corrected chi connectivity index (χ4v) is 2.15. The van der Waals surface area contributed by atoms with Gasteiger partial charge in [0.15, 0.2) is 6.10 Å². The van der Waals surface area contributed by atoms with Crippen LogP contribution < -0.4 is 9.64 Å². The third kappa shape index (κ3) is 1.98. The molecule has 6 nitrogen and oxygen atoms in total. The molecule has 1 unspecified atom stereocenters. The van der Waals surface area contributed by atoms with Gasteiger partial charge >= 0.3 is 0 Å². The van der Waals surface area contributed by atoms with Gasteiger partial charge in [0.05, 0.1) is 10.6 Å². The summed E-state index contributed by atoms with van der Waals surface area (Å²) in [5, 5.41) is 0. The Morgan fingerprint density at radius 1 is 1.41 bits per heavy atom. The molecule has 1 atom stereocenters. The van der Waals surface area contributed by atoms with E-state index in [9.17, 15) is 13.2 Å². The van der Waals surface area contributed by atoms with Crippen molar-refractivity contribution in [3.05, 3.63) is 18.2 Å². The monoisotopic (exact) mass is 257 g/mol. The number of rotatable bonds is 1. The van der Waals surface area contributed by atoms with Gasteiger partial charge in [-0.25, -0.2) is 0 Å². The quantitative estimate of drug-likeness (QED) is 0.748. The lowest BCUT2D eigenvalue weighted by molar-refractivity contribution is -0.125. The first-order valence-electron chi connectivity index (χ1n) is 4.86. The first-order valence-corrected chi connectivity index (χ1v) is 6.30. The molecule has 92 valence electrons. The van der Waals surface area contributed by atoms with Crippen LogP contribution >= 0.6 is 0 Å². The Labute approximate surface area is 98.5 Å². The first-order chi connectivity index (χ1) is 7.80. The van der Waals surface area contributed by atoms with Gasteiger partial charge in [-0.05, 0) is 25.1 Å². The Hall–Kier alpha value is -1.60. The number of hydrogen-bond acceptors (Lipinski definition) is 4. The highest BCUT2D eigenvalue weighted by Crippen LogP contribution is 2.34. The maximum atomic E-state index is 11.6. The van der Waals surface area contributed by atoms with Gasteiger partial charge in [0.25, 0.3) is 16.0 Å². The standard InChI is InChI=1S/C10H11NO5S/c1-6-10(12)11(2)8-5-7(17(13,14)15)3-4-9(8)16-6/h3-6H,1-2H3,(H,13,14,15). The second kappa shape index (κ2) is 3.71. The molecule has 0 fully saturated rings. The average Bonchev–Trinajstić information content (AvgIpc) is 2.24. The van der Waals surface area contributed by atoms with E-state index in [1.54, 1.807) is 6.92 Å². The van der Waals surface area contributed by atoms with Crippen LogP contribution in [0.25, 0.3) is 0 Å². The first kappa shape index (κ1) is 11.9. The molecule has 1 aromatic rings. The Kier molecular flexibility index (Phi) is 2.59. The van der Waals surface area contributed by atoms with E-state index in [0.717, 1.165) is 0 Å². The van der Waals surface area contributed by atoms with E-state index in [1.807, 2.05) is 0 Å². The van der Waals surface area contributed by atoms with Crippen molar-refractivity contribution in [2.75, 3.05) is 11.9 Å². The molecular formula is C10H11NO5S. The van der Waals surface area contributed by atoms with Crippen LogP contribution in [0.4, 0.5) is 5.69 Å². The van der Waals surface area contributed by atoms with Gasteiger partial charge in [-0.15, -0.1) is 0 Å². The molecule has 1 aromatic carbocycles. The van der Waals surface area contributed by atoms with Crippen molar-refractivity contribution >= 4 is 21.7 Å². The largest absolute Gasteiger partial charge is 0.479 e. The summed E-state index contributed by atoms with van der Waals surface area (Å²) >= 11 is 0. The zero-order chi connectivity index (χ0) is 12.8. The van der Waals surface area contributed by atoms with Gasteiger partial charge < -0.3 is 9.64 Å². The molecule has 1 aliphatic rings. The fourth-order valence-electron chi connectivity index (χ4n) is 1.65. The molecule has 0 aromatic heterocycles. The number of amides is 1. The van der Waals surface area contributed by atoms with Crippen LogP contribution in [0.3, 0.4) is 0 Å².